The van der Waals surface area contributed by atoms with E-state index in [-0.39, 0.29) is 5.56 Å². The van der Waals surface area contributed by atoms with Crippen molar-refractivity contribution in [3.63, 3.8) is 0 Å². The molecule has 0 radical (unpaired) electrons. The Morgan fingerprint density at radius 1 is 1.40 bits per heavy atom. The Morgan fingerprint density at radius 2 is 2.20 bits per heavy atom. The van der Waals surface area contributed by atoms with Crippen LogP contribution in [0.5, 0.6) is 0 Å². The van der Waals surface area contributed by atoms with E-state index in [1.54, 1.807) is 11.3 Å². The number of thiophene rings is 1. The number of rotatable bonds is 5. The van der Waals surface area contributed by atoms with Crippen LogP contribution in [-0.4, -0.2) is 17.4 Å². The number of hydrogen-bond acceptors (Lipinski definition) is 4. The molecule has 1 aromatic heterocycles. The van der Waals surface area contributed by atoms with E-state index >= 15 is 0 Å². The van der Waals surface area contributed by atoms with Crippen molar-refractivity contribution in [1.82, 2.24) is 5.32 Å². The molecule has 1 heterocycles. The number of nitro benzene ring substituents is 1. The van der Waals surface area contributed by atoms with Gasteiger partial charge in [0.2, 0.25) is 0 Å². The molecule has 5 nitrogen and oxygen atoms in total. The lowest BCUT2D eigenvalue weighted by Gasteiger charge is -2.05. The van der Waals surface area contributed by atoms with Crippen LogP contribution in [0.15, 0.2) is 35.0 Å². The third kappa shape index (κ3) is 3.39. The van der Waals surface area contributed by atoms with E-state index < -0.39 is 22.3 Å². The summed E-state index contributed by atoms with van der Waals surface area (Å²) in [5.41, 5.74) is 0.406. The van der Waals surface area contributed by atoms with E-state index in [0.717, 1.165) is 23.8 Å². The molecule has 1 aromatic carbocycles. The lowest BCUT2D eigenvalue weighted by molar-refractivity contribution is -0.385. The van der Waals surface area contributed by atoms with Gasteiger partial charge in [-0.15, -0.1) is 0 Å². The van der Waals surface area contributed by atoms with E-state index in [2.05, 4.69) is 5.32 Å². The van der Waals surface area contributed by atoms with Crippen molar-refractivity contribution < 1.29 is 14.1 Å². The number of carbonyl (C=O) groups is 1. The molecule has 0 saturated heterocycles. The topological polar surface area (TPSA) is 72.2 Å². The molecular weight excluding hydrogens is 283 g/mol. The SMILES string of the molecule is O=C(NCCc1ccsc1)c1cc(F)ccc1[N+](=O)[O-]. The predicted molar refractivity (Wildman–Crippen MR) is 73.4 cm³/mol. The maximum atomic E-state index is 13.1. The summed E-state index contributed by atoms with van der Waals surface area (Å²) in [5.74, 6) is -1.33. The zero-order valence-corrected chi connectivity index (χ0v) is 11.2. The molecule has 2 rings (SSSR count). The molecule has 0 fully saturated rings. The minimum atomic E-state index is -0.701. The number of halogens is 1. The zero-order chi connectivity index (χ0) is 14.5. The number of benzene rings is 1. The highest BCUT2D eigenvalue weighted by Gasteiger charge is 2.20. The molecule has 2 aromatic rings. The summed E-state index contributed by atoms with van der Waals surface area (Å²) in [6, 6.07) is 4.75. The minimum Gasteiger partial charge on any atom is -0.351 e. The Hall–Kier alpha value is -2.28. The van der Waals surface area contributed by atoms with Crippen molar-refractivity contribution in [2.24, 2.45) is 0 Å². The average molecular weight is 294 g/mol. The van der Waals surface area contributed by atoms with Gasteiger partial charge in [-0.25, -0.2) is 4.39 Å². The molecule has 0 spiro atoms. The first-order chi connectivity index (χ1) is 9.58. The summed E-state index contributed by atoms with van der Waals surface area (Å²) in [4.78, 5) is 22.0. The highest BCUT2D eigenvalue weighted by Crippen LogP contribution is 2.19. The van der Waals surface area contributed by atoms with Crippen LogP contribution in [0, 0.1) is 15.9 Å². The summed E-state index contributed by atoms with van der Waals surface area (Å²) >= 11 is 1.55. The Kier molecular flexibility index (Phi) is 4.41. The maximum Gasteiger partial charge on any atom is 0.282 e. The summed E-state index contributed by atoms with van der Waals surface area (Å²) in [6.07, 6.45) is 0.623. The maximum absolute atomic E-state index is 13.1. The molecule has 0 saturated carbocycles. The normalized spacial score (nSPS) is 10.2. The fourth-order valence-corrected chi connectivity index (χ4v) is 2.40. The molecule has 0 aliphatic heterocycles. The summed E-state index contributed by atoms with van der Waals surface area (Å²) in [7, 11) is 0. The van der Waals surface area contributed by atoms with Crippen LogP contribution in [-0.2, 0) is 6.42 Å². The van der Waals surface area contributed by atoms with Crippen LogP contribution in [0.1, 0.15) is 15.9 Å². The zero-order valence-electron chi connectivity index (χ0n) is 10.3. The molecule has 7 heteroatoms. The average Bonchev–Trinajstić information content (AvgIpc) is 2.91. The van der Waals surface area contributed by atoms with Crippen LogP contribution < -0.4 is 5.32 Å². The smallest absolute Gasteiger partial charge is 0.282 e. The molecule has 0 atom stereocenters. The highest BCUT2D eigenvalue weighted by atomic mass is 32.1. The number of nitro groups is 1. The first-order valence-electron chi connectivity index (χ1n) is 5.81. The number of amides is 1. The summed E-state index contributed by atoms with van der Waals surface area (Å²) in [5, 5.41) is 17.2. The minimum absolute atomic E-state index is 0.264. The van der Waals surface area contributed by atoms with Gasteiger partial charge in [-0.2, -0.15) is 11.3 Å². The number of hydrogen-bond donors (Lipinski definition) is 1. The van der Waals surface area contributed by atoms with E-state index in [1.165, 1.54) is 0 Å². The highest BCUT2D eigenvalue weighted by molar-refractivity contribution is 7.07. The number of nitrogens with zero attached hydrogens (tertiary/aromatic N) is 1. The van der Waals surface area contributed by atoms with Gasteiger partial charge < -0.3 is 5.32 Å². The van der Waals surface area contributed by atoms with Crippen LogP contribution in [0.2, 0.25) is 0 Å². The Labute approximate surface area is 118 Å². The fourth-order valence-electron chi connectivity index (χ4n) is 1.70. The predicted octanol–water partition coefficient (Wildman–Crippen LogP) is 2.77. The van der Waals surface area contributed by atoms with E-state index in [1.807, 2.05) is 16.8 Å². The third-order valence-corrected chi connectivity index (χ3v) is 3.41. The standard InChI is InChI=1S/C13H11FN2O3S/c14-10-1-2-12(16(18)19)11(7-10)13(17)15-5-3-9-4-6-20-8-9/h1-2,4,6-8H,3,5H2,(H,15,17). The van der Waals surface area contributed by atoms with Crippen LogP contribution in [0.4, 0.5) is 10.1 Å². The molecule has 0 bridgehead atoms. The molecule has 20 heavy (non-hydrogen) atoms. The largest absolute Gasteiger partial charge is 0.351 e. The number of carbonyl (C=O) groups excluding carboxylic acids is 1. The van der Waals surface area contributed by atoms with Crippen molar-refractivity contribution >= 4 is 22.9 Å². The quantitative estimate of drug-likeness (QED) is 0.680. The van der Waals surface area contributed by atoms with Gasteiger partial charge in [-0.05, 0) is 40.9 Å². The van der Waals surface area contributed by atoms with Gasteiger partial charge in [0.25, 0.3) is 11.6 Å². The van der Waals surface area contributed by atoms with Crippen molar-refractivity contribution in [1.29, 1.82) is 0 Å². The van der Waals surface area contributed by atoms with Gasteiger partial charge in [0.05, 0.1) is 4.92 Å². The van der Waals surface area contributed by atoms with Crippen LogP contribution in [0.3, 0.4) is 0 Å². The molecule has 1 N–H and O–H groups in total. The van der Waals surface area contributed by atoms with Crippen molar-refractivity contribution in [2.75, 3.05) is 6.54 Å². The first-order valence-corrected chi connectivity index (χ1v) is 6.75. The summed E-state index contributed by atoms with van der Waals surface area (Å²) < 4.78 is 13.1. The first kappa shape index (κ1) is 14.1. The van der Waals surface area contributed by atoms with Gasteiger partial charge >= 0.3 is 0 Å². The van der Waals surface area contributed by atoms with Gasteiger partial charge in [0.15, 0.2) is 0 Å². The second-order valence-electron chi connectivity index (χ2n) is 4.06. The monoisotopic (exact) mass is 294 g/mol. The van der Waals surface area contributed by atoms with E-state index in [9.17, 15) is 19.3 Å². The molecule has 0 unspecified atom stereocenters. The summed E-state index contributed by atoms with van der Waals surface area (Å²) in [6.45, 7) is 0.337. The van der Waals surface area contributed by atoms with E-state index in [0.29, 0.717) is 13.0 Å². The van der Waals surface area contributed by atoms with Gasteiger partial charge in [-0.3, -0.25) is 14.9 Å². The van der Waals surface area contributed by atoms with Gasteiger partial charge in [-0.1, -0.05) is 0 Å². The fraction of sp³-hybridized carbons (Fsp3) is 0.154. The number of nitrogens with one attached hydrogen (secondary N) is 1. The second kappa shape index (κ2) is 6.25. The van der Waals surface area contributed by atoms with Crippen LogP contribution >= 0.6 is 11.3 Å². The van der Waals surface area contributed by atoms with Crippen LogP contribution in [0.25, 0.3) is 0 Å². The molecule has 0 aliphatic rings. The second-order valence-corrected chi connectivity index (χ2v) is 4.84. The Bertz CT molecular complexity index is 629. The van der Waals surface area contributed by atoms with Gasteiger partial charge in [0.1, 0.15) is 11.4 Å². The lowest BCUT2D eigenvalue weighted by Crippen LogP contribution is -2.26. The Balaban J connectivity index is 2.05. The lowest BCUT2D eigenvalue weighted by atomic mass is 10.1. The molecule has 1 amide bonds. The van der Waals surface area contributed by atoms with Crippen molar-refractivity contribution in [3.05, 3.63) is 62.1 Å². The van der Waals surface area contributed by atoms with Crippen molar-refractivity contribution in [2.45, 2.75) is 6.42 Å². The molecule has 104 valence electrons. The van der Waals surface area contributed by atoms with Gasteiger partial charge in [0, 0.05) is 12.6 Å². The molecule has 0 aliphatic carbocycles. The Morgan fingerprint density at radius 3 is 2.85 bits per heavy atom. The van der Waals surface area contributed by atoms with Crippen molar-refractivity contribution in [3.8, 4) is 0 Å². The third-order valence-electron chi connectivity index (χ3n) is 2.68. The van der Waals surface area contributed by atoms with E-state index in [4.69, 9.17) is 0 Å². The molecular formula is C13H11FN2O3S.